The summed E-state index contributed by atoms with van der Waals surface area (Å²) in [5.74, 6) is 0.892. The van der Waals surface area contributed by atoms with E-state index in [1.54, 1.807) is 17.7 Å². The number of nitrogens with one attached hydrogen (secondary N) is 1. The smallest absolute Gasteiger partial charge is 0.147 e. The van der Waals surface area contributed by atoms with E-state index >= 15 is 0 Å². The summed E-state index contributed by atoms with van der Waals surface area (Å²) in [6.45, 7) is 1.32. The number of fused-ring (bicyclic) bond motifs is 1. The number of rotatable bonds is 4. The highest BCUT2D eigenvalue weighted by molar-refractivity contribution is 7.17. The predicted octanol–water partition coefficient (Wildman–Crippen LogP) is 2.76. The van der Waals surface area contributed by atoms with Gasteiger partial charge in [0.2, 0.25) is 0 Å². The zero-order valence-electron chi connectivity index (χ0n) is 10.3. The van der Waals surface area contributed by atoms with Crippen molar-refractivity contribution in [1.82, 2.24) is 9.97 Å². The Labute approximate surface area is 115 Å². The normalized spacial score (nSPS) is 10.8. The molecule has 2 heterocycles. The van der Waals surface area contributed by atoms with Gasteiger partial charge in [-0.05, 0) is 22.6 Å². The average molecular weight is 270 g/mol. The van der Waals surface area contributed by atoms with Gasteiger partial charge in [0.05, 0.1) is 10.2 Å². The Bertz CT molecular complexity index is 675. The predicted molar refractivity (Wildman–Crippen MR) is 79.1 cm³/mol. The first-order valence-corrected chi connectivity index (χ1v) is 6.95. The van der Waals surface area contributed by atoms with Gasteiger partial charge in [0.15, 0.2) is 0 Å². The second-order valence-corrected chi connectivity index (χ2v) is 5.15. The maximum atomic E-state index is 5.58. The van der Waals surface area contributed by atoms with Crippen LogP contribution in [0.5, 0.6) is 0 Å². The fraction of sp³-hybridized carbons (Fsp3) is 0.143. The second-order valence-electron chi connectivity index (χ2n) is 4.23. The summed E-state index contributed by atoms with van der Waals surface area (Å²) < 4.78 is 1.10. The molecule has 0 aliphatic heterocycles. The fourth-order valence-corrected chi connectivity index (χ4v) is 2.70. The van der Waals surface area contributed by atoms with Crippen molar-refractivity contribution in [2.24, 2.45) is 5.73 Å². The number of anilines is 1. The molecule has 1 aromatic carbocycles. The van der Waals surface area contributed by atoms with Crippen molar-refractivity contribution in [3.63, 3.8) is 0 Å². The lowest BCUT2D eigenvalue weighted by atomic mass is 10.1. The Morgan fingerprint density at radius 3 is 2.63 bits per heavy atom. The topological polar surface area (TPSA) is 63.8 Å². The molecule has 5 heteroatoms. The lowest BCUT2D eigenvalue weighted by Gasteiger charge is -2.07. The van der Waals surface area contributed by atoms with Crippen LogP contribution in [-0.2, 0) is 13.1 Å². The molecular formula is C14H14N4S. The van der Waals surface area contributed by atoms with Crippen LogP contribution in [0.25, 0.3) is 10.2 Å². The molecule has 3 aromatic rings. The average Bonchev–Trinajstić information content (AvgIpc) is 2.94. The van der Waals surface area contributed by atoms with Crippen LogP contribution < -0.4 is 11.1 Å². The Morgan fingerprint density at radius 2 is 1.84 bits per heavy atom. The third kappa shape index (κ3) is 2.57. The maximum Gasteiger partial charge on any atom is 0.147 e. The van der Waals surface area contributed by atoms with Gasteiger partial charge in [0.1, 0.15) is 12.1 Å². The zero-order chi connectivity index (χ0) is 13.1. The van der Waals surface area contributed by atoms with E-state index < -0.39 is 0 Å². The molecule has 96 valence electrons. The molecule has 0 atom stereocenters. The monoisotopic (exact) mass is 270 g/mol. The van der Waals surface area contributed by atoms with Gasteiger partial charge >= 0.3 is 0 Å². The Balaban J connectivity index is 1.76. The van der Waals surface area contributed by atoms with Crippen molar-refractivity contribution >= 4 is 27.4 Å². The van der Waals surface area contributed by atoms with E-state index in [4.69, 9.17) is 5.73 Å². The quantitative estimate of drug-likeness (QED) is 0.765. The number of aromatic nitrogens is 2. The highest BCUT2D eigenvalue weighted by atomic mass is 32.1. The van der Waals surface area contributed by atoms with Gasteiger partial charge in [0.25, 0.3) is 0 Å². The molecule has 3 rings (SSSR count). The summed E-state index contributed by atoms with van der Waals surface area (Å²) in [4.78, 5) is 8.52. The van der Waals surface area contributed by atoms with Crippen molar-refractivity contribution in [3.8, 4) is 0 Å². The maximum absolute atomic E-state index is 5.58. The van der Waals surface area contributed by atoms with Gasteiger partial charge < -0.3 is 11.1 Å². The minimum Gasteiger partial charge on any atom is -0.365 e. The van der Waals surface area contributed by atoms with E-state index in [9.17, 15) is 0 Å². The number of thiophene rings is 1. The Kier molecular flexibility index (Phi) is 3.39. The molecule has 0 unspecified atom stereocenters. The summed E-state index contributed by atoms with van der Waals surface area (Å²) in [5.41, 5.74) is 8.92. The minimum atomic E-state index is 0.579. The van der Waals surface area contributed by atoms with E-state index in [-0.39, 0.29) is 0 Å². The van der Waals surface area contributed by atoms with Crippen LogP contribution in [0.1, 0.15) is 11.1 Å². The van der Waals surface area contributed by atoms with Crippen LogP contribution in [0, 0.1) is 0 Å². The van der Waals surface area contributed by atoms with Gasteiger partial charge in [0, 0.05) is 13.1 Å². The van der Waals surface area contributed by atoms with E-state index in [1.807, 2.05) is 11.4 Å². The summed E-state index contributed by atoms with van der Waals surface area (Å²) in [5, 5.41) is 5.38. The lowest BCUT2D eigenvalue weighted by molar-refractivity contribution is 1.05. The minimum absolute atomic E-state index is 0.579. The third-order valence-corrected chi connectivity index (χ3v) is 3.87. The molecule has 0 amide bonds. The zero-order valence-corrected chi connectivity index (χ0v) is 11.2. The molecule has 0 aliphatic rings. The first-order valence-electron chi connectivity index (χ1n) is 6.07. The number of benzene rings is 1. The summed E-state index contributed by atoms with van der Waals surface area (Å²) >= 11 is 1.65. The van der Waals surface area contributed by atoms with Crippen molar-refractivity contribution < 1.29 is 0 Å². The van der Waals surface area contributed by atoms with Gasteiger partial charge in [-0.15, -0.1) is 11.3 Å². The van der Waals surface area contributed by atoms with Crippen molar-refractivity contribution in [3.05, 3.63) is 53.2 Å². The van der Waals surface area contributed by atoms with Crippen LogP contribution >= 0.6 is 11.3 Å². The van der Waals surface area contributed by atoms with Crippen molar-refractivity contribution in [1.29, 1.82) is 0 Å². The van der Waals surface area contributed by atoms with Crippen LogP contribution in [0.2, 0.25) is 0 Å². The van der Waals surface area contributed by atoms with Crippen LogP contribution in [-0.4, -0.2) is 9.97 Å². The molecule has 3 N–H and O–H groups in total. The number of hydrogen-bond donors (Lipinski definition) is 2. The molecule has 0 bridgehead atoms. The highest BCUT2D eigenvalue weighted by Gasteiger charge is 2.04. The van der Waals surface area contributed by atoms with Crippen molar-refractivity contribution in [2.75, 3.05) is 5.32 Å². The van der Waals surface area contributed by atoms with E-state index in [0.717, 1.165) is 28.1 Å². The molecule has 4 nitrogen and oxygen atoms in total. The molecule has 0 spiro atoms. The molecule has 0 radical (unpaired) electrons. The second kappa shape index (κ2) is 5.34. The Hall–Kier alpha value is -1.98. The number of hydrogen-bond acceptors (Lipinski definition) is 5. The SMILES string of the molecule is NCc1ccc(CNc2ncnc3ccsc23)cc1. The largest absolute Gasteiger partial charge is 0.365 e. The molecular weight excluding hydrogens is 256 g/mol. The summed E-state index contributed by atoms with van der Waals surface area (Å²) in [6.07, 6.45) is 1.59. The number of nitrogens with two attached hydrogens (primary N) is 1. The summed E-state index contributed by atoms with van der Waals surface area (Å²) in [7, 11) is 0. The van der Waals surface area contributed by atoms with Gasteiger partial charge in [-0.1, -0.05) is 24.3 Å². The van der Waals surface area contributed by atoms with E-state index in [2.05, 4.69) is 39.6 Å². The van der Waals surface area contributed by atoms with Crippen LogP contribution in [0.3, 0.4) is 0 Å². The van der Waals surface area contributed by atoms with Crippen molar-refractivity contribution in [2.45, 2.75) is 13.1 Å². The van der Waals surface area contributed by atoms with E-state index in [0.29, 0.717) is 6.54 Å². The van der Waals surface area contributed by atoms with E-state index in [1.165, 1.54) is 5.56 Å². The fourth-order valence-electron chi connectivity index (χ4n) is 1.89. The lowest BCUT2D eigenvalue weighted by Crippen LogP contribution is -2.02. The van der Waals surface area contributed by atoms with Gasteiger partial charge in [-0.2, -0.15) is 0 Å². The first kappa shape index (κ1) is 12.1. The highest BCUT2D eigenvalue weighted by Crippen LogP contribution is 2.25. The van der Waals surface area contributed by atoms with Gasteiger partial charge in [-0.25, -0.2) is 9.97 Å². The standard InChI is InChI=1S/C14H14N4S/c15-7-10-1-3-11(4-2-10)8-16-14-13-12(5-6-19-13)17-9-18-14/h1-6,9H,7-8,15H2,(H,16,17,18). The summed E-state index contributed by atoms with van der Waals surface area (Å²) in [6, 6.07) is 10.3. The van der Waals surface area contributed by atoms with Crippen LogP contribution in [0.15, 0.2) is 42.0 Å². The van der Waals surface area contributed by atoms with Gasteiger partial charge in [-0.3, -0.25) is 0 Å². The molecule has 0 saturated heterocycles. The molecule has 0 fully saturated rings. The third-order valence-electron chi connectivity index (χ3n) is 2.96. The number of nitrogens with zero attached hydrogens (tertiary/aromatic N) is 2. The molecule has 2 aromatic heterocycles. The Morgan fingerprint density at radius 1 is 1.05 bits per heavy atom. The molecule has 0 aliphatic carbocycles. The molecule has 19 heavy (non-hydrogen) atoms. The molecule has 0 saturated carbocycles. The van der Waals surface area contributed by atoms with Crippen LogP contribution in [0.4, 0.5) is 5.82 Å². The first-order chi connectivity index (χ1) is 9.36.